The van der Waals surface area contributed by atoms with Crippen LogP contribution in [0.4, 0.5) is 8.78 Å². The van der Waals surface area contributed by atoms with Gasteiger partial charge in [-0.15, -0.1) is 0 Å². The van der Waals surface area contributed by atoms with Crippen LogP contribution in [0.2, 0.25) is 0 Å². The highest BCUT2D eigenvalue weighted by molar-refractivity contribution is 5.99. The van der Waals surface area contributed by atoms with Crippen LogP contribution >= 0.6 is 0 Å². The first-order chi connectivity index (χ1) is 13.6. The number of hydrogen-bond acceptors (Lipinski definition) is 0. The first-order valence-corrected chi connectivity index (χ1v) is 9.72. The quantitative estimate of drug-likeness (QED) is 0.444. The summed E-state index contributed by atoms with van der Waals surface area (Å²) in [5, 5.41) is 2.30. The molecule has 0 saturated carbocycles. The van der Waals surface area contributed by atoms with Gasteiger partial charge in [-0.3, -0.25) is 0 Å². The van der Waals surface area contributed by atoms with E-state index >= 15 is 8.78 Å². The summed E-state index contributed by atoms with van der Waals surface area (Å²) in [7, 11) is 0. The van der Waals surface area contributed by atoms with Crippen molar-refractivity contribution in [2.24, 2.45) is 0 Å². The summed E-state index contributed by atoms with van der Waals surface area (Å²) in [5.74, 6) is -2.96. The third kappa shape index (κ3) is 2.41. The van der Waals surface area contributed by atoms with Crippen molar-refractivity contribution in [1.82, 2.24) is 0 Å². The molecule has 0 nitrogen and oxygen atoms in total. The van der Waals surface area contributed by atoms with Crippen LogP contribution in [-0.2, 0) is 12.3 Å². The maximum Gasteiger partial charge on any atom is 0.299 e. The number of fused-ring (bicyclic) bond motifs is 3. The second-order valence-electron chi connectivity index (χ2n) is 7.39. The standard InChI is InChI=1S/C26H20F2/c1-2-17-14-15-20(21-10-4-3-9-19(17)21)18-8-7-12-23-22-11-5-6-13-24(22)26(27,28)25(23)16-18/h3-11,13-16H,2,12H2,1H3. The molecule has 0 radical (unpaired) electrons. The van der Waals surface area contributed by atoms with Crippen LogP contribution in [0.1, 0.15) is 35.6 Å². The predicted molar refractivity (Wildman–Crippen MR) is 112 cm³/mol. The summed E-state index contributed by atoms with van der Waals surface area (Å²) in [6, 6.07) is 19.3. The summed E-state index contributed by atoms with van der Waals surface area (Å²) in [6.07, 6.45) is 7.16. The topological polar surface area (TPSA) is 0 Å². The molecule has 5 rings (SSSR count). The molecule has 3 aromatic rings. The van der Waals surface area contributed by atoms with E-state index in [1.165, 1.54) is 10.9 Å². The Morgan fingerprint density at radius 3 is 2.43 bits per heavy atom. The van der Waals surface area contributed by atoms with Crippen molar-refractivity contribution in [1.29, 1.82) is 0 Å². The van der Waals surface area contributed by atoms with Crippen molar-refractivity contribution in [3.05, 3.63) is 107 Å². The predicted octanol–water partition coefficient (Wildman–Crippen LogP) is 7.30. The van der Waals surface area contributed by atoms with Crippen molar-refractivity contribution >= 4 is 21.9 Å². The lowest BCUT2D eigenvalue weighted by Gasteiger charge is -2.16. The van der Waals surface area contributed by atoms with E-state index in [0.29, 0.717) is 12.0 Å². The van der Waals surface area contributed by atoms with Crippen molar-refractivity contribution < 1.29 is 8.78 Å². The Morgan fingerprint density at radius 2 is 1.61 bits per heavy atom. The van der Waals surface area contributed by atoms with E-state index in [0.717, 1.165) is 28.5 Å². The van der Waals surface area contributed by atoms with E-state index in [-0.39, 0.29) is 11.1 Å². The summed E-state index contributed by atoms with van der Waals surface area (Å²) >= 11 is 0. The van der Waals surface area contributed by atoms with Crippen molar-refractivity contribution in [2.75, 3.05) is 0 Å². The number of aryl methyl sites for hydroxylation is 1. The molecule has 2 aliphatic carbocycles. The number of halogens is 2. The van der Waals surface area contributed by atoms with Gasteiger partial charge in [0, 0.05) is 11.1 Å². The third-order valence-electron chi connectivity index (χ3n) is 5.88. The van der Waals surface area contributed by atoms with Crippen LogP contribution in [-0.4, -0.2) is 0 Å². The zero-order valence-electron chi connectivity index (χ0n) is 15.7. The maximum absolute atomic E-state index is 15.2. The zero-order valence-corrected chi connectivity index (χ0v) is 15.7. The molecule has 0 saturated heterocycles. The summed E-state index contributed by atoms with van der Waals surface area (Å²) < 4.78 is 30.5. The average molecular weight is 370 g/mol. The largest absolute Gasteiger partial charge is 0.299 e. The molecule has 2 aliphatic rings. The van der Waals surface area contributed by atoms with Gasteiger partial charge in [0.15, 0.2) is 0 Å². The van der Waals surface area contributed by atoms with Crippen LogP contribution in [0.5, 0.6) is 0 Å². The van der Waals surface area contributed by atoms with Gasteiger partial charge in [0.25, 0.3) is 5.92 Å². The smallest absolute Gasteiger partial charge is 0.196 e. The molecule has 2 heteroatoms. The highest BCUT2D eigenvalue weighted by Crippen LogP contribution is 2.52. The molecular weight excluding hydrogens is 350 g/mol. The minimum atomic E-state index is -2.96. The molecule has 0 amide bonds. The normalized spacial score (nSPS) is 17.3. The molecule has 0 fully saturated rings. The molecule has 0 N–H and O–H groups in total. The summed E-state index contributed by atoms with van der Waals surface area (Å²) in [5.41, 5.74) is 4.79. The lowest BCUT2D eigenvalue weighted by Crippen LogP contribution is -2.12. The fourth-order valence-electron chi connectivity index (χ4n) is 4.49. The Bertz CT molecular complexity index is 1190. The number of allylic oxidation sites excluding steroid dienone is 6. The summed E-state index contributed by atoms with van der Waals surface area (Å²) in [4.78, 5) is 0. The molecular formula is C26H20F2. The van der Waals surface area contributed by atoms with Gasteiger partial charge in [-0.05, 0) is 57.5 Å². The van der Waals surface area contributed by atoms with Gasteiger partial charge < -0.3 is 0 Å². The Hall–Kier alpha value is -3.00. The van der Waals surface area contributed by atoms with Crippen LogP contribution in [0.15, 0.2) is 84.5 Å². The van der Waals surface area contributed by atoms with Gasteiger partial charge >= 0.3 is 0 Å². The van der Waals surface area contributed by atoms with Crippen molar-refractivity contribution in [2.45, 2.75) is 25.7 Å². The second kappa shape index (κ2) is 6.27. The molecule has 0 spiro atoms. The number of rotatable bonds is 2. The van der Waals surface area contributed by atoms with Crippen molar-refractivity contribution in [3.8, 4) is 0 Å². The molecule has 0 aromatic heterocycles. The van der Waals surface area contributed by atoms with E-state index in [1.54, 1.807) is 18.2 Å². The molecule has 0 atom stereocenters. The molecule has 0 bridgehead atoms. The van der Waals surface area contributed by atoms with Crippen LogP contribution in [0.25, 0.3) is 21.9 Å². The van der Waals surface area contributed by atoms with Gasteiger partial charge in [-0.25, -0.2) is 0 Å². The van der Waals surface area contributed by atoms with E-state index in [1.807, 2.05) is 36.4 Å². The van der Waals surface area contributed by atoms with Gasteiger partial charge in [-0.2, -0.15) is 8.78 Å². The SMILES string of the molecule is CCc1ccc(C2=CC3=C(CC=C2)c2ccccc2C3(F)F)c2ccccc12. The highest BCUT2D eigenvalue weighted by atomic mass is 19.3. The zero-order chi connectivity index (χ0) is 19.3. The van der Waals surface area contributed by atoms with Gasteiger partial charge in [0.05, 0.1) is 0 Å². The number of alkyl halides is 2. The second-order valence-corrected chi connectivity index (χ2v) is 7.39. The Morgan fingerprint density at radius 1 is 0.857 bits per heavy atom. The number of hydrogen-bond donors (Lipinski definition) is 0. The fraction of sp³-hybridized carbons (Fsp3) is 0.154. The fourth-order valence-corrected chi connectivity index (χ4v) is 4.49. The molecule has 0 unspecified atom stereocenters. The minimum absolute atomic E-state index is 0.122. The molecule has 138 valence electrons. The lowest BCUT2D eigenvalue weighted by atomic mass is 9.92. The number of benzene rings is 3. The minimum Gasteiger partial charge on any atom is -0.196 e. The van der Waals surface area contributed by atoms with Crippen LogP contribution < -0.4 is 0 Å². The first kappa shape index (κ1) is 17.1. The highest BCUT2D eigenvalue weighted by Gasteiger charge is 2.45. The van der Waals surface area contributed by atoms with E-state index in [9.17, 15) is 0 Å². The monoisotopic (exact) mass is 370 g/mol. The van der Waals surface area contributed by atoms with E-state index in [4.69, 9.17) is 0 Å². The maximum atomic E-state index is 15.2. The molecule has 0 aliphatic heterocycles. The van der Waals surface area contributed by atoms with Crippen LogP contribution in [0.3, 0.4) is 0 Å². The third-order valence-corrected chi connectivity index (χ3v) is 5.88. The first-order valence-electron chi connectivity index (χ1n) is 9.72. The molecule has 3 aromatic carbocycles. The Balaban J connectivity index is 1.73. The molecule has 0 heterocycles. The van der Waals surface area contributed by atoms with Crippen molar-refractivity contribution in [3.63, 3.8) is 0 Å². The Kier molecular flexibility index (Phi) is 3.83. The molecule has 28 heavy (non-hydrogen) atoms. The van der Waals surface area contributed by atoms with E-state index in [2.05, 4.69) is 31.2 Å². The van der Waals surface area contributed by atoms with E-state index < -0.39 is 5.92 Å². The van der Waals surface area contributed by atoms with Gasteiger partial charge in [-0.1, -0.05) is 79.7 Å². The summed E-state index contributed by atoms with van der Waals surface area (Å²) in [6.45, 7) is 2.14. The van der Waals surface area contributed by atoms with Gasteiger partial charge in [0.1, 0.15) is 0 Å². The lowest BCUT2D eigenvalue weighted by molar-refractivity contribution is 0.0460. The average Bonchev–Trinajstić information content (AvgIpc) is 2.87. The van der Waals surface area contributed by atoms with Crippen LogP contribution in [0, 0.1) is 0 Å². The van der Waals surface area contributed by atoms with Gasteiger partial charge in [0.2, 0.25) is 0 Å². The Labute approximate surface area is 163 Å².